The third kappa shape index (κ3) is 6.80. The summed E-state index contributed by atoms with van der Waals surface area (Å²) < 4.78 is 12.5. The number of nitriles is 1. The van der Waals surface area contributed by atoms with Gasteiger partial charge in [0.05, 0.1) is 16.6 Å². The Labute approximate surface area is 214 Å². The van der Waals surface area contributed by atoms with Gasteiger partial charge in [-0.1, -0.05) is 40.2 Å². The van der Waals surface area contributed by atoms with E-state index in [1.807, 2.05) is 30.3 Å². The molecule has 1 amide bonds. The van der Waals surface area contributed by atoms with Crippen molar-refractivity contribution in [3.05, 3.63) is 97.9 Å². The number of carbonyl (C=O) groups is 2. The number of halogens is 2. The van der Waals surface area contributed by atoms with Crippen molar-refractivity contribution in [2.75, 3.05) is 11.9 Å². The minimum atomic E-state index is -0.559. The summed E-state index contributed by atoms with van der Waals surface area (Å²) in [4.78, 5) is 24.3. The molecule has 0 aliphatic carbocycles. The van der Waals surface area contributed by atoms with Crippen molar-refractivity contribution in [1.82, 2.24) is 0 Å². The summed E-state index contributed by atoms with van der Waals surface area (Å²) >= 11 is 6.98. The predicted octanol–water partition coefficient (Wildman–Crippen LogP) is 6.51. The van der Waals surface area contributed by atoms with Crippen LogP contribution >= 0.6 is 31.9 Å². The van der Waals surface area contributed by atoms with Crippen molar-refractivity contribution in [3.63, 3.8) is 0 Å². The van der Waals surface area contributed by atoms with E-state index in [-0.39, 0.29) is 12.2 Å². The van der Waals surface area contributed by atoms with Gasteiger partial charge in [-0.25, -0.2) is 4.79 Å². The van der Waals surface area contributed by atoms with Gasteiger partial charge in [0.15, 0.2) is 0 Å². The number of hydrogen-bond donors (Lipinski definition) is 1. The second-order valence-electron chi connectivity index (χ2n) is 6.99. The Morgan fingerprint density at radius 1 is 1.03 bits per heavy atom. The van der Waals surface area contributed by atoms with E-state index >= 15 is 0 Å². The van der Waals surface area contributed by atoms with Gasteiger partial charge in [0.25, 0.3) is 5.91 Å². The van der Waals surface area contributed by atoms with Gasteiger partial charge in [0.1, 0.15) is 24.0 Å². The molecule has 3 aromatic rings. The molecule has 0 fully saturated rings. The van der Waals surface area contributed by atoms with Crippen molar-refractivity contribution >= 4 is 55.5 Å². The first-order valence-corrected chi connectivity index (χ1v) is 11.9. The lowest BCUT2D eigenvalue weighted by molar-refractivity contribution is -0.112. The monoisotopic (exact) mass is 582 g/mol. The fourth-order valence-corrected chi connectivity index (χ4v) is 3.82. The number of amides is 1. The van der Waals surface area contributed by atoms with Gasteiger partial charge in [-0.3, -0.25) is 4.79 Å². The second kappa shape index (κ2) is 12.2. The van der Waals surface area contributed by atoms with Crippen molar-refractivity contribution in [1.29, 1.82) is 5.26 Å². The molecule has 0 aromatic heterocycles. The largest absolute Gasteiger partial charge is 0.488 e. The third-order valence-electron chi connectivity index (χ3n) is 4.63. The Bertz CT molecular complexity index is 1260. The van der Waals surface area contributed by atoms with Crippen LogP contribution in [0.2, 0.25) is 0 Å². The lowest BCUT2D eigenvalue weighted by Crippen LogP contribution is -2.13. The molecular formula is C26H20Br2N2O4. The average Bonchev–Trinajstić information content (AvgIpc) is 2.83. The molecule has 0 atom stereocenters. The molecule has 0 aliphatic heterocycles. The maximum absolute atomic E-state index is 12.6. The summed E-state index contributed by atoms with van der Waals surface area (Å²) in [6.07, 6.45) is 1.49. The van der Waals surface area contributed by atoms with Crippen molar-refractivity contribution < 1.29 is 19.1 Å². The van der Waals surface area contributed by atoms with Crippen LogP contribution in [-0.4, -0.2) is 18.5 Å². The van der Waals surface area contributed by atoms with Crippen LogP contribution in [0.3, 0.4) is 0 Å². The molecule has 3 aromatic carbocycles. The fraction of sp³-hybridized carbons (Fsp3) is 0.115. The summed E-state index contributed by atoms with van der Waals surface area (Å²) in [5.41, 5.74) is 2.43. The third-order valence-corrected chi connectivity index (χ3v) is 6.02. The molecule has 8 heteroatoms. The van der Waals surface area contributed by atoms with Crippen LogP contribution in [0.4, 0.5) is 5.69 Å². The van der Waals surface area contributed by atoms with Crippen LogP contribution in [0.1, 0.15) is 28.4 Å². The number of ether oxygens (including phenoxy) is 2. The topological polar surface area (TPSA) is 88.4 Å². The molecule has 0 unspecified atom stereocenters. The highest BCUT2D eigenvalue weighted by Gasteiger charge is 2.12. The van der Waals surface area contributed by atoms with Gasteiger partial charge in [-0.2, -0.15) is 5.26 Å². The van der Waals surface area contributed by atoms with E-state index in [9.17, 15) is 14.9 Å². The Balaban J connectivity index is 1.67. The lowest BCUT2D eigenvalue weighted by atomic mass is 10.1. The number of esters is 1. The quantitative estimate of drug-likeness (QED) is 0.185. The van der Waals surface area contributed by atoms with Gasteiger partial charge in [0, 0.05) is 15.7 Å². The predicted molar refractivity (Wildman–Crippen MR) is 137 cm³/mol. The summed E-state index contributed by atoms with van der Waals surface area (Å²) in [5, 5.41) is 12.1. The Morgan fingerprint density at radius 3 is 2.41 bits per heavy atom. The fourth-order valence-electron chi connectivity index (χ4n) is 2.91. The van der Waals surface area contributed by atoms with Crippen LogP contribution in [0, 0.1) is 11.3 Å². The van der Waals surface area contributed by atoms with Crippen LogP contribution < -0.4 is 10.1 Å². The van der Waals surface area contributed by atoms with Crippen molar-refractivity contribution in [3.8, 4) is 11.8 Å². The van der Waals surface area contributed by atoms with Gasteiger partial charge in [-0.15, -0.1) is 0 Å². The highest BCUT2D eigenvalue weighted by atomic mass is 79.9. The molecule has 0 aliphatic rings. The number of nitrogens with zero attached hydrogens (tertiary/aromatic N) is 1. The highest BCUT2D eigenvalue weighted by molar-refractivity contribution is 9.10. The molecule has 0 saturated carbocycles. The molecule has 0 radical (unpaired) electrons. The molecule has 0 bridgehead atoms. The zero-order valence-corrected chi connectivity index (χ0v) is 21.4. The first-order valence-electron chi connectivity index (χ1n) is 10.3. The maximum atomic E-state index is 12.6. The van der Waals surface area contributed by atoms with E-state index in [1.165, 1.54) is 6.08 Å². The smallest absolute Gasteiger partial charge is 0.338 e. The summed E-state index contributed by atoms with van der Waals surface area (Å²) in [5.74, 6) is -0.360. The van der Waals surface area contributed by atoms with Crippen molar-refractivity contribution in [2.24, 2.45) is 0 Å². The minimum Gasteiger partial charge on any atom is -0.488 e. The standard InChI is InChI=1S/C26H20Br2N2O4/c1-2-33-26(32)18-8-10-21(11-9-18)30-25(31)20(15-29)13-17-7-12-24(23(28)14-17)34-16-19-5-3-4-6-22(19)27/h3-14H,2,16H2,1H3,(H,30,31)/b20-13+. The summed E-state index contributed by atoms with van der Waals surface area (Å²) in [6.45, 7) is 2.39. The lowest BCUT2D eigenvalue weighted by Gasteiger charge is -2.10. The van der Waals surface area contributed by atoms with Crippen LogP contribution in [0.15, 0.2) is 81.2 Å². The van der Waals surface area contributed by atoms with Crippen LogP contribution in [-0.2, 0) is 16.1 Å². The molecular weight excluding hydrogens is 564 g/mol. The molecule has 0 saturated heterocycles. The van der Waals surface area contributed by atoms with E-state index in [0.717, 1.165) is 10.0 Å². The van der Waals surface area contributed by atoms with E-state index in [4.69, 9.17) is 9.47 Å². The van der Waals surface area contributed by atoms with Crippen molar-refractivity contribution in [2.45, 2.75) is 13.5 Å². The van der Waals surface area contributed by atoms with Gasteiger partial charge in [-0.05, 0) is 77.0 Å². The van der Waals surface area contributed by atoms with Crippen LogP contribution in [0.5, 0.6) is 5.75 Å². The van der Waals surface area contributed by atoms with Crippen LogP contribution in [0.25, 0.3) is 6.08 Å². The maximum Gasteiger partial charge on any atom is 0.338 e. The zero-order valence-electron chi connectivity index (χ0n) is 18.2. The summed E-state index contributed by atoms with van der Waals surface area (Å²) in [6, 6.07) is 21.3. The highest BCUT2D eigenvalue weighted by Crippen LogP contribution is 2.28. The molecule has 6 nitrogen and oxygen atoms in total. The van der Waals surface area contributed by atoms with E-state index in [2.05, 4.69) is 37.2 Å². The number of benzene rings is 3. The van der Waals surface area contributed by atoms with E-state index in [0.29, 0.717) is 33.6 Å². The Hall–Kier alpha value is -3.41. The number of rotatable bonds is 8. The second-order valence-corrected chi connectivity index (χ2v) is 8.70. The molecule has 172 valence electrons. The minimum absolute atomic E-state index is 0.0664. The first-order chi connectivity index (χ1) is 16.4. The molecule has 34 heavy (non-hydrogen) atoms. The van der Waals surface area contributed by atoms with E-state index < -0.39 is 11.9 Å². The number of anilines is 1. The zero-order chi connectivity index (χ0) is 24.5. The number of nitrogens with one attached hydrogen (secondary N) is 1. The van der Waals surface area contributed by atoms with Gasteiger partial charge in [0.2, 0.25) is 0 Å². The average molecular weight is 584 g/mol. The normalized spacial score (nSPS) is 10.8. The van der Waals surface area contributed by atoms with Gasteiger partial charge >= 0.3 is 5.97 Å². The molecule has 3 rings (SSSR count). The Kier molecular flexibility index (Phi) is 9.02. The molecule has 0 heterocycles. The van der Waals surface area contributed by atoms with Gasteiger partial charge < -0.3 is 14.8 Å². The number of carbonyl (C=O) groups excluding carboxylic acids is 2. The first kappa shape index (κ1) is 25.2. The molecule has 0 spiro atoms. The summed E-state index contributed by atoms with van der Waals surface area (Å²) in [7, 11) is 0. The molecule has 1 N–H and O–H groups in total. The SMILES string of the molecule is CCOC(=O)c1ccc(NC(=O)/C(C#N)=C/c2ccc(OCc3ccccc3Br)c(Br)c2)cc1. The Morgan fingerprint density at radius 2 is 1.76 bits per heavy atom. The number of hydrogen-bond acceptors (Lipinski definition) is 5. The van der Waals surface area contributed by atoms with E-state index in [1.54, 1.807) is 49.4 Å².